The van der Waals surface area contributed by atoms with Gasteiger partial charge in [-0.05, 0) is 30.0 Å². The fourth-order valence-electron chi connectivity index (χ4n) is 3.25. The summed E-state index contributed by atoms with van der Waals surface area (Å²) in [6.45, 7) is 2.13. The lowest BCUT2D eigenvalue weighted by Gasteiger charge is -2.23. The Morgan fingerprint density at radius 3 is 2.54 bits per heavy atom. The second-order valence-corrected chi connectivity index (χ2v) is 6.12. The molecule has 1 N–H and O–H groups in total. The highest BCUT2D eigenvalue weighted by Gasteiger charge is 2.36. The van der Waals surface area contributed by atoms with Gasteiger partial charge in [-0.15, -0.1) is 0 Å². The molecule has 3 rings (SSSR count). The van der Waals surface area contributed by atoms with E-state index in [1.165, 1.54) is 12.5 Å². The number of anilines is 1. The van der Waals surface area contributed by atoms with Gasteiger partial charge in [-0.25, -0.2) is 0 Å². The van der Waals surface area contributed by atoms with Crippen molar-refractivity contribution in [2.45, 2.75) is 32.2 Å². The predicted molar refractivity (Wildman–Crippen MR) is 94.9 cm³/mol. The standard InChI is InChI=1S/C20H22N2O2/c1-15(23)22-18-12-6-5-11-17(18)14-19(22)20(24)21-13-7-10-16-8-3-2-4-9-16/h2-6,8-9,11-12,19H,7,10,13-14H2,1H3,(H,21,24)/t19-/m0/s1. The third kappa shape index (κ3) is 3.48. The van der Waals surface area contributed by atoms with Crippen molar-refractivity contribution in [1.29, 1.82) is 0 Å². The van der Waals surface area contributed by atoms with Crippen LogP contribution in [0.2, 0.25) is 0 Å². The van der Waals surface area contributed by atoms with Crippen LogP contribution in [0.15, 0.2) is 54.6 Å². The van der Waals surface area contributed by atoms with Crippen LogP contribution in [0.25, 0.3) is 0 Å². The second kappa shape index (κ2) is 7.30. The van der Waals surface area contributed by atoms with E-state index in [9.17, 15) is 9.59 Å². The molecule has 0 saturated carbocycles. The van der Waals surface area contributed by atoms with Gasteiger partial charge in [0, 0.05) is 25.6 Å². The second-order valence-electron chi connectivity index (χ2n) is 6.12. The first kappa shape index (κ1) is 16.2. The average Bonchev–Trinajstić information content (AvgIpc) is 2.99. The van der Waals surface area contributed by atoms with E-state index in [2.05, 4.69) is 17.4 Å². The number of nitrogens with one attached hydrogen (secondary N) is 1. The summed E-state index contributed by atoms with van der Waals surface area (Å²) >= 11 is 0. The first-order chi connectivity index (χ1) is 11.7. The van der Waals surface area contributed by atoms with Crippen molar-refractivity contribution in [3.8, 4) is 0 Å². The fourth-order valence-corrected chi connectivity index (χ4v) is 3.25. The van der Waals surface area contributed by atoms with Gasteiger partial charge in [0.1, 0.15) is 6.04 Å². The summed E-state index contributed by atoms with van der Waals surface area (Å²) in [5.74, 6) is -0.168. The molecule has 1 heterocycles. The van der Waals surface area contributed by atoms with Crippen LogP contribution in [0, 0.1) is 0 Å². The minimum atomic E-state index is -0.434. The summed E-state index contributed by atoms with van der Waals surface area (Å²) in [4.78, 5) is 26.1. The smallest absolute Gasteiger partial charge is 0.243 e. The van der Waals surface area contributed by atoms with Crippen LogP contribution in [0.4, 0.5) is 5.69 Å². The first-order valence-electron chi connectivity index (χ1n) is 8.36. The van der Waals surface area contributed by atoms with Crippen molar-refractivity contribution in [2.75, 3.05) is 11.4 Å². The summed E-state index contributed by atoms with van der Waals surface area (Å²) in [6.07, 6.45) is 2.40. The summed E-state index contributed by atoms with van der Waals surface area (Å²) in [5, 5.41) is 2.98. The maximum atomic E-state index is 12.5. The minimum absolute atomic E-state index is 0.0746. The van der Waals surface area contributed by atoms with E-state index in [-0.39, 0.29) is 11.8 Å². The molecule has 0 fully saturated rings. The number of benzene rings is 2. The van der Waals surface area contributed by atoms with E-state index in [1.54, 1.807) is 4.90 Å². The molecule has 0 bridgehead atoms. The van der Waals surface area contributed by atoms with Crippen molar-refractivity contribution < 1.29 is 9.59 Å². The lowest BCUT2D eigenvalue weighted by Crippen LogP contribution is -2.47. The molecule has 4 heteroatoms. The molecular weight excluding hydrogens is 300 g/mol. The van der Waals surface area contributed by atoms with E-state index in [4.69, 9.17) is 0 Å². The average molecular weight is 322 g/mol. The molecule has 0 unspecified atom stereocenters. The van der Waals surface area contributed by atoms with E-state index >= 15 is 0 Å². The fraction of sp³-hybridized carbons (Fsp3) is 0.300. The molecule has 124 valence electrons. The molecule has 0 saturated heterocycles. The van der Waals surface area contributed by atoms with Gasteiger partial charge in [0.2, 0.25) is 11.8 Å². The number of carbonyl (C=O) groups is 2. The first-order valence-corrected chi connectivity index (χ1v) is 8.36. The van der Waals surface area contributed by atoms with E-state index in [0.29, 0.717) is 13.0 Å². The van der Waals surface area contributed by atoms with Gasteiger partial charge in [-0.2, -0.15) is 0 Å². The van der Waals surface area contributed by atoms with Crippen LogP contribution in [-0.2, 0) is 22.4 Å². The van der Waals surface area contributed by atoms with Crippen LogP contribution in [-0.4, -0.2) is 24.4 Å². The molecule has 4 nitrogen and oxygen atoms in total. The molecular formula is C20H22N2O2. The van der Waals surface area contributed by atoms with Gasteiger partial charge in [0.25, 0.3) is 0 Å². The molecule has 2 amide bonds. The van der Waals surface area contributed by atoms with E-state index < -0.39 is 6.04 Å². The highest BCUT2D eigenvalue weighted by molar-refractivity contribution is 6.02. The van der Waals surface area contributed by atoms with Crippen molar-refractivity contribution in [3.05, 3.63) is 65.7 Å². The molecule has 0 aromatic heterocycles. The number of para-hydroxylation sites is 1. The zero-order valence-electron chi connectivity index (χ0n) is 13.9. The van der Waals surface area contributed by atoms with Gasteiger partial charge in [0.05, 0.1) is 0 Å². The Morgan fingerprint density at radius 1 is 1.08 bits per heavy atom. The number of aryl methyl sites for hydroxylation is 1. The van der Waals surface area contributed by atoms with Crippen LogP contribution in [0.5, 0.6) is 0 Å². The Kier molecular flexibility index (Phi) is 4.94. The Hall–Kier alpha value is -2.62. The molecule has 2 aromatic carbocycles. The molecule has 24 heavy (non-hydrogen) atoms. The normalized spacial score (nSPS) is 15.9. The largest absolute Gasteiger partial charge is 0.354 e. The number of fused-ring (bicyclic) bond motifs is 1. The van der Waals surface area contributed by atoms with Crippen molar-refractivity contribution in [2.24, 2.45) is 0 Å². The Balaban J connectivity index is 1.56. The van der Waals surface area contributed by atoms with Crippen LogP contribution < -0.4 is 10.2 Å². The number of carbonyl (C=O) groups excluding carboxylic acids is 2. The molecule has 0 radical (unpaired) electrons. The molecule has 1 aliphatic heterocycles. The molecule has 1 atom stereocenters. The highest BCUT2D eigenvalue weighted by Crippen LogP contribution is 2.32. The number of hydrogen-bond donors (Lipinski definition) is 1. The monoisotopic (exact) mass is 322 g/mol. The summed E-state index contributed by atoms with van der Waals surface area (Å²) in [5.41, 5.74) is 3.18. The van der Waals surface area contributed by atoms with Crippen LogP contribution >= 0.6 is 0 Å². The van der Waals surface area contributed by atoms with Crippen molar-refractivity contribution in [1.82, 2.24) is 5.32 Å². The number of nitrogens with zero attached hydrogens (tertiary/aromatic N) is 1. The highest BCUT2D eigenvalue weighted by atomic mass is 16.2. The Bertz CT molecular complexity index is 727. The summed E-state index contributed by atoms with van der Waals surface area (Å²) in [7, 11) is 0. The van der Waals surface area contributed by atoms with Crippen molar-refractivity contribution in [3.63, 3.8) is 0 Å². The van der Waals surface area contributed by atoms with Gasteiger partial charge >= 0.3 is 0 Å². The third-order valence-corrected chi connectivity index (χ3v) is 4.40. The summed E-state index contributed by atoms with van der Waals surface area (Å²) < 4.78 is 0. The quantitative estimate of drug-likeness (QED) is 0.861. The molecule has 0 spiro atoms. The third-order valence-electron chi connectivity index (χ3n) is 4.40. The van der Waals surface area contributed by atoms with E-state index in [1.807, 2.05) is 42.5 Å². The molecule has 2 aromatic rings. The van der Waals surface area contributed by atoms with Crippen molar-refractivity contribution >= 4 is 17.5 Å². The number of hydrogen-bond acceptors (Lipinski definition) is 2. The Labute approximate surface area is 142 Å². The maximum absolute atomic E-state index is 12.5. The maximum Gasteiger partial charge on any atom is 0.243 e. The predicted octanol–water partition coefficient (Wildman–Crippen LogP) is 2.71. The zero-order chi connectivity index (χ0) is 16.9. The zero-order valence-corrected chi connectivity index (χ0v) is 13.9. The van der Waals surface area contributed by atoms with Gasteiger partial charge in [0.15, 0.2) is 0 Å². The van der Waals surface area contributed by atoms with E-state index in [0.717, 1.165) is 24.1 Å². The SMILES string of the molecule is CC(=O)N1c2ccccc2C[C@H]1C(=O)NCCCc1ccccc1. The lowest BCUT2D eigenvalue weighted by molar-refractivity contribution is -0.125. The lowest BCUT2D eigenvalue weighted by atomic mass is 10.1. The molecule has 0 aliphatic carbocycles. The van der Waals surface area contributed by atoms with Gasteiger partial charge < -0.3 is 5.32 Å². The van der Waals surface area contributed by atoms with Crippen LogP contribution in [0.1, 0.15) is 24.5 Å². The van der Waals surface area contributed by atoms with Gasteiger partial charge in [-0.1, -0.05) is 48.5 Å². The Morgan fingerprint density at radius 2 is 1.79 bits per heavy atom. The van der Waals surface area contributed by atoms with Crippen LogP contribution in [0.3, 0.4) is 0 Å². The number of amides is 2. The molecule has 1 aliphatic rings. The van der Waals surface area contributed by atoms with Gasteiger partial charge in [-0.3, -0.25) is 14.5 Å². The summed E-state index contributed by atoms with van der Waals surface area (Å²) in [6, 6.07) is 17.5. The number of rotatable bonds is 5. The minimum Gasteiger partial charge on any atom is -0.354 e. The topological polar surface area (TPSA) is 49.4 Å².